The molecule has 0 aliphatic rings. The number of carbonyl (C=O) groups is 1. The van der Waals surface area contributed by atoms with E-state index in [-0.39, 0.29) is 5.69 Å². The fourth-order valence-corrected chi connectivity index (χ4v) is 2.38. The first kappa shape index (κ1) is 16.3. The first-order valence-corrected chi connectivity index (χ1v) is 7.66. The first-order chi connectivity index (χ1) is 12.1. The Morgan fingerprint density at radius 2 is 1.64 bits per heavy atom. The van der Waals surface area contributed by atoms with E-state index in [1.807, 2.05) is 53.2 Å². The van der Waals surface area contributed by atoms with Gasteiger partial charge in [-0.2, -0.15) is 4.99 Å². The first-order valence-electron chi connectivity index (χ1n) is 7.66. The number of amides is 1. The Morgan fingerprint density at radius 3 is 2.32 bits per heavy atom. The monoisotopic (exact) mass is 333 g/mol. The van der Waals surface area contributed by atoms with Gasteiger partial charge in [-0.15, -0.1) is 0 Å². The average Bonchev–Trinajstić information content (AvgIpc) is 2.64. The van der Waals surface area contributed by atoms with Gasteiger partial charge in [0.15, 0.2) is 0 Å². The molecule has 2 aromatic carbocycles. The van der Waals surface area contributed by atoms with Crippen LogP contribution >= 0.6 is 0 Å². The SMILES string of the molecule is O=C(N=c1ccccn1Cc1ccccc1)c1ccc([N+](=O)[O-])cc1. The molecule has 0 fully saturated rings. The summed E-state index contributed by atoms with van der Waals surface area (Å²) in [5.74, 6) is -0.442. The topological polar surface area (TPSA) is 77.5 Å². The summed E-state index contributed by atoms with van der Waals surface area (Å²) in [5.41, 5.74) is 1.86. The van der Waals surface area contributed by atoms with Crippen LogP contribution in [0.1, 0.15) is 15.9 Å². The van der Waals surface area contributed by atoms with Crippen LogP contribution in [0.4, 0.5) is 5.69 Å². The van der Waals surface area contributed by atoms with E-state index in [1.165, 1.54) is 24.3 Å². The zero-order valence-corrected chi connectivity index (χ0v) is 13.3. The summed E-state index contributed by atoms with van der Waals surface area (Å²) in [4.78, 5) is 26.7. The number of benzene rings is 2. The zero-order valence-electron chi connectivity index (χ0n) is 13.3. The third kappa shape index (κ3) is 4.06. The van der Waals surface area contributed by atoms with Gasteiger partial charge in [0, 0.05) is 30.4 Å². The van der Waals surface area contributed by atoms with Crippen molar-refractivity contribution in [1.29, 1.82) is 0 Å². The number of hydrogen-bond acceptors (Lipinski definition) is 3. The molecule has 0 aliphatic carbocycles. The van der Waals surface area contributed by atoms with Gasteiger partial charge < -0.3 is 4.57 Å². The maximum Gasteiger partial charge on any atom is 0.278 e. The summed E-state index contributed by atoms with van der Waals surface area (Å²) in [5, 5.41) is 10.7. The fourth-order valence-electron chi connectivity index (χ4n) is 2.38. The summed E-state index contributed by atoms with van der Waals surface area (Å²) in [6.07, 6.45) is 1.86. The van der Waals surface area contributed by atoms with Crippen LogP contribution in [0.3, 0.4) is 0 Å². The van der Waals surface area contributed by atoms with Crippen molar-refractivity contribution in [2.24, 2.45) is 4.99 Å². The molecule has 6 nitrogen and oxygen atoms in total. The molecule has 0 saturated heterocycles. The number of aromatic nitrogens is 1. The van der Waals surface area contributed by atoms with Crippen LogP contribution in [-0.4, -0.2) is 15.4 Å². The van der Waals surface area contributed by atoms with E-state index < -0.39 is 10.8 Å². The molecule has 6 heteroatoms. The van der Waals surface area contributed by atoms with Crippen molar-refractivity contribution in [3.63, 3.8) is 0 Å². The Kier molecular flexibility index (Phi) is 4.80. The summed E-state index contributed by atoms with van der Waals surface area (Å²) in [7, 11) is 0. The van der Waals surface area contributed by atoms with E-state index in [2.05, 4.69) is 4.99 Å². The molecular formula is C19H15N3O3. The second-order valence-electron chi connectivity index (χ2n) is 5.39. The van der Waals surface area contributed by atoms with Gasteiger partial charge in [0.1, 0.15) is 5.49 Å². The predicted molar refractivity (Wildman–Crippen MR) is 93.0 cm³/mol. The third-order valence-corrected chi connectivity index (χ3v) is 3.65. The van der Waals surface area contributed by atoms with Gasteiger partial charge in [0.2, 0.25) is 0 Å². The van der Waals surface area contributed by atoms with E-state index >= 15 is 0 Å². The van der Waals surface area contributed by atoms with Crippen LogP contribution in [0.15, 0.2) is 84.0 Å². The molecule has 0 saturated carbocycles. The van der Waals surface area contributed by atoms with Crippen LogP contribution in [-0.2, 0) is 6.54 Å². The van der Waals surface area contributed by atoms with Gasteiger partial charge in [0.05, 0.1) is 4.92 Å². The van der Waals surface area contributed by atoms with Crippen molar-refractivity contribution in [2.75, 3.05) is 0 Å². The van der Waals surface area contributed by atoms with E-state index in [4.69, 9.17) is 0 Å². The molecule has 0 atom stereocenters. The van der Waals surface area contributed by atoms with Gasteiger partial charge in [-0.25, -0.2) is 0 Å². The lowest BCUT2D eigenvalue weighted by molar-refractivity contribution is -0.384. The van der Waals surface area contributed by atoms with Crippen LogP contribution in [0, 0.1) is 10.1 Å². The molecular weight excluding hydrogens is 318 g/mol. The highest BCUT2D eigenvalue weighted by Gasteiger charge is 2.08. The molecule has 3 aromatic rings. The molecule has 0 radical (unpaired) electrons. The minimum atomic E-state index is -0.504. The van der Waals surface area contributed by atoms with Crippen LogP contribution in [0.25, 0.3) is 0 Å². The van der Waals surface area contributed by atoms with E-state index in [0.29, 0.717) is 17.6 Å². The zero-order chi connectivity index (χ0) is 17.6. The number of rotatable bonds is 4. The van der Waals surface area contributed by atoms with Crippen LogP contribution in [0.5, 0.6) is 0 Å². The molecule has 0 aliphatic heterocycles. The maximum atomic E-state index is 12.4. The average molecular weight is 333 g/mol. The van der Waals surface area contributed by atoms with E-state index in [9.17, 15) is 14.9 Å². The number of nitro groups is 1. The van der Waals surface area contributed by atoms with Crippen molar-refractivity contribution >= 4 is 11.6 Å². The van der Waals surface area contributed by atoms with Gasteiger partial charge >= 0.3 is 0 Å². The standard InChI is InChI=1S/C19H15N3O3/c23-19(16-9-11-17(12-10-16)22(24)25)20-18-8-4-5-13-21(18)14-15-6-2-1-3-7-15/h1-13H,14H2. The number of hydrogen-bond donors (Lipinski definition) is 0. The van der Waals surface area contributed by atoms with Crippen molar-refractivity contribution in [2.45, 2.75) is 6.54 Å². The second kappa shape index (κ2) is 7.35. The maximum absolute atomic E-state index is 12.4. The van der Waals surface area contributed by atoms with Gasteiger partial charge in [-0.05, 0) is 29.8 Å². The summed E-state index contributed by atoms with van der Waals surface area (Å²) >= 11 is 0. The Balaban J connectivity index is 1.90. The molecule has 1 amide bonds. The Labute approximate surface area is 143 Å². The summed E-state index contributed by atoms with van der Waals surface area (Å²) < 4.78 is 1.87. The molecule has 1 aromatic heterocycles. The Morgan fingerprint density at radius 1 is 0.960 bits per heavy atom. The smallest absolute Gasteiger partial charge is 0.278 e. The highest BCUT2D eigenvalue weighted by atomic mass is 16.6. The fraction of sp³-hybridized carbons (Fsp3) is 0.0526. The molecule has 3 rings (SSSR count). The molecule has 124 valence electrons. The predicted octanol–water partition coefficient (Wildman–Crippen LogP) is 3.19. The number of carbonyl (C=O) groups excluding carboxylic acids is 1. The van der Waals surface area contributed by atoms with Crippen molar-refractivity contribution in [3.8, 4) is 0 Å². The minimum Gasteiger partial charge on any atom is -0.328 e. The Hall–Kier alpha value is -3.54. The molecule has 1 heterocycles. The molecule has 0 bridgehead atoms. The van der Waals surface area contributed by atoms with Gasteiger partial charge in [0.25, 0.3) is 11.6 Å². The highest BCUT2D eigenvalue weighted by Crippen LogP contribution is 2.12. The van der Waals surface area contributed by atoms with Crippen LogP contribution in [0.2, 0.25) is 0 Å². The minimum absolute atomic E-state index is 0.0598. The molecule has 0 spiro atoms. The largest absolute Gasteiger partial charge is 0.328 e. The van der Waals surface area contributed by atoms with Crippen LogP contribution < -0.4 is 5.49 Å². The Bertz CT molecular complexity index is 961. The van der Waals surface area contributed by atoms with E-state index in [1.54, 1.807) is 6.07 Å². The van der Waals surface area contributed by atoms with Crippen molar-refractivity contribution < 1.29 is 9.72 Å². The van der Waals surface area contributed by atoms with Gasteiger partial charge in [-0.1, -0.05) is 36.4 Å². The van der Waals surface area contributed by atoms with E-state index in [0.717, 1.165) is 5.56 Å². The molecule has 0 unspecified atom stereocenters. The lowest BCUT2D eigenvalue weighted by Gasteiger charge is -2.07. The van der Waals surface area contributed by atoms with Gasteiger partial charge in [-0.3, -0.25) is 14.9 Å². The highest BCUT2D eigenvalue weighted by molar-refractivity contribution is 5.95. The van der Waals surface area contributed by atoms with Crippen molar-refractivity contribution in [1.82, 2.24) is 4.57 Å². The lowest BCUT2D eigenvalue weighted by Crippen LogP contribution is -2.22. The number of non-ortho nitro benzene ring substituents is 1. The summed E-state index contributed by atoms with van der Waals surface area (Å²) in [6.45, 7) is 0.591. The second-order valence-corrected chi connectivity index (χ2v) is 5.39. The summed E-state index contributed by atoms with van der Waals surface area (Å²) in [6, 6.07) is 20.7. The normalized spacial score (nSPS) is 11.3. The number of pyridine rings is 1. The molecule has 0 N–H and O–H groups in total. The molecule has 25 heavy (non-hydrogen) atoms. The quantitative estimate of drug-likeness (QED) is 0.543. The number of nitro benzene ring substituents is 1. The third-order valence-electron chi connectivity index (χ3n) is 3.65. The van der Waals surface area contributed by atoms with Crippen molar-refractivity contribution in [3.05, 3.63) is 106 Å². The number of nitrogens with zero attached hydrogens (tertiary/aromatic N) is 3. The lowest BCUT2D eigenvalue weighted by atomic mass is 10.2.